The third-order valence-electron chi connectivity index (χ3n) is 8.45. The number of nitrogens with zero attached hydrogens (tertiary/aromatic N) is 5. The third-order valence-corrected chi connectivity index (χ3v) is 8.45. The first-order valence-electron chi connectivity index (χ1n) is 15.1. The molecular weight excluding hydrogens is 526 g/mol. The quantitative estimate of drug-likeness (QED) is 0.195. The maximum Gasteiger partial charge on any atom is 0.174 e. The van der Waals surface area contributed by atoms with E-state index in [2.05, 4.69) is 151 Å². The summed E-state index contributed by atoms with van der Waals surface area (Å²) < 4.78 is 2.31. The van der Waals surface area contributed by atoms with Gasteiger partial charge in [-0.1, -0.05) is 115 Å². The number of aromatic nitrogens is 3. The van der Waals surface area contributed by atoms with Crippen LogP contribution in [0, 0.1) is 0 Å². The van der Waals surface area contributed by atoms with Gasteiger partial charge in [0.2, 0.25) is 0 Å². The summed E-state index contributed by atoms with van der Waals surface area (Å²) in [5.74, 6) is 1.86. The Morgan fingerprint density at radius 1 is 0.605 bits per heavy atom. The number of rotatable bonds is 7. The lowest BCUT2D eigenvalue weighted by Gasteiger charge is -2.28. The molecular formula is C38H35N5. The minimum Gasteiger partial charge on any atom is -0.343 e. The van der Waals surface area contributed by atoms with Gasteiger partial charge in [-0.25, -0.2) is 9.97 Å². The number of benzene rings is 4. The lowest BCUT2D eigenvalue weighted by Crippen LogP contribution is -2.41. The van der Waals surface area contributed by atoms with E-state index in [0.717, 1.165) is 47.2 Å². The van der Waals surface area contributed by atoms with E-state index in [1.807, 2.05) is 12.1 Å². The zero-order valence-electron chi connectivity index (χ0n) is 24.9. The highest BCUT2D eigenvalue weighted by Crippen LogP contribution is 2.42. The van der Waals surface area contributed by atoms with E-state index >= 15 is 0 Å². The molecule has 0 unspecified atom stereocenters. The fraction of sp³-hybridized carbons (Fsp3) is 0.158. The van der Waals surface area contributed by atoms with Gasteiger partial charge >= 0.3 is 0 Å². The molecule has 43 heavy (non-hydrogen) atoms. The Hall–Kier alpha value is -5.16. The van der Waals surface area contributed by atoms with Crippen LogP contribution in [0.1, 0.15) is 19.4 Å². The summed E-state index contributed by atoms with van der Waals surface area (Å²) in [7, 11) is 2.16. The Balaban J connectivity index is 1.37. The fourth-order valence-electron chi connectivity index (χ4n) is 6.42. The van der Waals surface area contributed by atoms with Crippen LogP contribution in [0.5, 0.6) is 0 Å². The summed E-state index contributed by atoms with van der Waals surface area (Å²) in [6, 6.07) is 40.2. The lowest BCUT2D eigenvalue weighted by atomic mass is 10.0. The van der Waals surface area contributed by atoms with E-state index in [1.165, 1.54) is 27.7 Å². The molecule has 3 heterocycles. The standard InChI is InChI=1S/C38H35N5/c1-4-42-33(26-25-31-30-23-15-16-24-32(30)41(3)36(31)29-21-13-8-14-22-29)43(5-2)38-37(42)39-34(27-17-9-6-10-18-27)35(40-38)28-19-11-7-12-20-28/h6-26,33H,4-5H2,1-3H3. The molecule has 0 atom stereocenters. The first-order chi connectivity index (χ1) is 21.2. The van der Waals surface area contributed by atoms with Crippen molar-refractivity contribution in [3.8, 4) is 33.8 Å². The summed E-state index contributed by atoms with van der Waals surface area (Å²) in [6.07, 6.45) is 4.62. The summed E-state index contributed by atoms with van der Waals surface area (Å²) in [5, 5.41) is 1.25. The highest BCUT2D eigenvalue weighted by molar-refractivity contribution is 5.98. The maximum absolute atomic E-state index is 5.36. The molecule has 0 aliphatic carbocycles. The van der Waals surface area contributed by atoms with Crippen LogP contribution in [0.15, 0.2) is 121 Å². The molecule has 212 valence electrons. The maximum atomic E-state index is 5.36. The van der Waals surface area contributed by atoms with E-state index in [9.17, 15) is 0 Å². The van der Waals surface area contributed by atoms with Gasteiger partial charge in [0.05, 0.1) is 17.1 Å². The second kappa shape index (κ2) is 11.3. The van der Waals surface area contributed by atoms with Crippen LogP contribution in [0.25, 0.3) is 50.8 Å². The van der Waals surface area contributed by atoms with Crippen molar-refractivity contribution in [2.75, 3.05) is 22.9 Å². The van der Waals surface area contributed by atoms with Crippen LogP contribution >= 0.6 is 0 Å². The van der Waals surface area contributed by atoms with Crippen LogP contribution in [-0.2, 0) is 7.05 Å². The van der Waals surface area contributed by atoms with Crippen LogP contribution < -0.4 is 9.80 Å². The molecule has 6 aromatic rings. The molecule has 0 N–H and O–H groups in total. The van der Waals surface area contributed by atoms with Gasteiger partial charge in [0.25, 0.3) is 0 Å². The normalized spacial score (nSPS) is 13.4. The van der Waals surface area contributed by atoms with Crippen LogP contribution in [0.2, 0.25) is 0 Å². The van der Waals surface area contributed by atoms with Gasteiger partial charge < -0.3 is 14.4 Å². The van der Waals surface area contributed by atoms with Crippen LogP contribution in [-0.4, -0.2) is 33.8 Å². The Kier molecular flexibility index (Phi) is 6.99. The van der Waals surface area contributed by atoms with Gasteiger partial charge in [0.1, 0.15) is 6.17 Å². The first-order valence-corrected chi connectivity index (χ1v) is 15.1. The number of hydrogen-bond acceptors (Lipinski definition) is 4. The van der Waals surface area contributed by atoms with E-state index < -0.39 is 0 Å². The number of aryl methyl sites for hydroxylation is 1. The van der Waals surface area contributed by atoms with Gasteiger partial charge in [-0.2, -0.15) is 0 Å². The Labute approximate surface area is 253 Å². The number of anilines is 2. The molecule has 5 heteroatoms. The van der Waals surface area contributed by atoms with Crippen LogP contribution in [0.4, 0.5) is 11.6 Å². The molecule has 7 rings (SSSR count). The highest BCUT2D eigenvalue weighted by Gasteiger charge is 2.36. The van der Waals surface area contributed by atoms with Crippen LogP contribution in [0.3, 0.4) is 0 Å². The molecule has 1 aliphatic rings. The van der Waals surface area contributed by atoms with Crippen molar-refractivity contribution in [2.45, 2.75) is 20.0 Å². The monoisotopic (exact) mass is 561 g/mol. The first kappa shape index (κ1) is 26.7. The fourth-order valence-corrected chi connectivity index (χ4v) is 6.42. The largest absolute Gasteiger partial charge is 0.343 e. The molecule has 0 bridgehead atoms. The predicted molar refractivity (Wildman–Crippen MR) is 180 cm³/mol. The zero-order valence-corrected chi connectivity index (χ0v) is 24.9. The van der Waals surface area contributed by atoms with Gasteiger partial charge in [-0.3, -0.25) is 0 Å². The van der Waals surface area contributed by atoms with E-state index in [1.54, 1.807) is 0 Å². The number of para-hydroxylation sites is 1. The van der Waals surface area contributed by atoms with Crippen molar-refractivity contribution in [3.05, 3.63) is 127 Å². The van der Waals surface area contributed by atoms with E-state index in [4.69, 9.17) is 9.97 Å². The van der Waals surface area contributed by atoms with Crippen molar-refractivity contribution in [1.82, 2.24) is 14.5 Å². The lowest BCUT2D eigenvalue weighted by molar-refractivity contribution is 0.690. The van der Waals surface area contributed by atoms with Crippen molar-refractivity contribution >= 4 is 28.6 Å². The Morgan fingerprint density at radius 2 is 1.07 bits per heavy atom. The number of hydrogen-bond donors (Lipinski definition) is 0. The van der Waals surface area contributed by atoms with Gasteiger partial charge in [0.15, 0.2) is 11.6 Å². The average molecular weight is 562 g/mol. The minimum absolute atomic E-state index is 0.0118. The summed E-state index contributed by atoms with van der Waals surface area (Å²) in [4.78, 5) is 15.5. The van der Waals surface area contributed by atoms with Gasteiger partial charge in [0, 0.05) is 47.7 Å². The summed E-state index contributed by atoms with van der Waals surface area (Å²) in [5.41, 5.74) is 8.82. The Bertz CT molecular complexity index is 1830. The van der Waals surface area contributed by atoms with Gasteiger partial charge in [-0.05, 0) is 31.6 Å². The third kappa shape index (κ3) is 4.58. The molecule has 0 radical (unpaired) electrons. The van der Waals surface area contributed by atoms with Gasteiger partial charge in [-0.15, -0.1) is 0 Å². The smallest absolute Gasteiger partial charge is 0.174 e. The SMILES string of the molecule is CCN1c2nc(-c3ccccc3)c(-c3ccccc3)nc2N(CC)C1C=Cc1c(-c2ccccc2)n(C)c2ccccc12. The van der Waals surface area contributed by atoms with Crippen molar-refractivity contribution < 1.29 is 0 Å². The molecule has 2 aromatic heterocycles. The summed E-state index contributed by atoms with van der Waals surface area (Å²) >= 11 is 0. The summed E-state index contributed by atoms with van der Waals surface area (Å²) in [6.45, 7) is 6.03. The molecule has 1 aliphatic heterocycles. The average Bonchev–Trinajstić information content (AvgIpc) is 3.53. The zero-order chi connectivity index (χ0) is 29.3. The van der Waals surface area contributed by atoms with E-state index in [0.29, 0.717) is 0 Å². The molecule has 0 spiro atoms. The molecule has 0 saturated carbocycles. The second-order valence-corrected chi connectivity index (χ2v) is 10.8. The number of likely N-dealkylation sites (N-methyl/N-ethyl adjacent to an activating group) is 2. The molecule has 0 amide bonds. The minimum atomic E-state index is -0.0118. The molecule has 4 aromatic carbocycles. The molecule has 0 fully saturated rings. The highest BCUT2D eigenvalue weighted by atomic mass is 15.5. The van der Waals surface area contributed by atoms with Crippen molar-refractivity contribution in [2.24, 2.45) is 7.05 Å². The number of fused-ring (bicyclic) bond motifs is 2. The predicted octanol–water partition coefficient (Wildman–Crippen LogP) is 8.68. The van der Waals surface area contributed by atoms with Crippen molar-refractivity contribution in [3.63, 3.8) is 0 Å². The molecule has 5 nitrogen and oxygen atoms in total. The second-order valence-electron chi connectivity index (χ2n) is 10.8. The Morgan fingerprint density at radius 3 is 1.58 bits per heavy atom. The molecule has 0 saturated heterocycles. The van der Waals surface area contributed by atoms with Crippen molar-refractivity contribution in [1.29, 1.82) is 0 Å². The topological polar surface area (TPSA) is 37.2 Å². The van der Waals surface area contributed by atoms with E-state index in [-0.39, 0.29) is 6.17 Å².